The zero-order valence-electron chi connectivity index (χ0n) is 16.5. The van der Waals surface area contributed by atoms with Gasteiger partial charge in [-0.25, -0.2) is 14.4 Å². The van der Waals surface area contributed by atoms with Gasteiger partial charge >= 0.3 is 0 Å². The first-order valence-corrected chi connectivity index (χ1v) is 9.92. The summed E-state index contributed by atoms with van der Waals surface area (Å²) in [6, 6.07) is 8.40. The van der Waals surface area contributed by atoms with Crippen molar-refractivity contribution in [1.82, 2.24) is 24.8 Å². The Kier molecular flexibility index (Phi) is 4.50. The van der Waals surface area contributed by atoms with Crippen molar-refractivity contribution in [1.29, 1.82) is 0 Å². The fraction of sp³-hybridized carbons (Fsp3) is 0.217. The molecule has 1 saturated heterocycles. The molecular formula is C23H20FN5O. The zero-order valence-corrected chi connectivity index (χ0v) is 16.5. The molecular weight excluding hydrogens is 381 g/mol. The Morgan fingerprint density at radius 1 is 1.13 bits per heavy atom. The lowest BCUT2D eigenvalue weighted by Crippen LogP contribution is -2.31. The van der Waals surface area contributed by atoms with E-state index in [1.54, 1.807) is 24.7 Å². The van der Waals surface area contributed by atoms with Gasteiger partial charge < -0.3 is 9.88 Å². The second-order valence-electron chi connectivity index (χ2n) is 7.57. The molecule has 1 aliphatic heterocycles. The lowest BCUT2D eigenvalue weighted by atomic mass is 10.1. The molecule has 0 radical (unpaired) electrons. The van der Waals surface area contributed by atoms with E-state index in [4.69, 9.17) is 0 Å². The average Bonchev–Trinajstić information content (AvgIpc) is 3.39. The Morgan fingerprint density at radius 3 is 2.73 bits per heavy atom. The van der Waals surface area contributed by atoms with Crippen LogP contribution in [0, 0.1) is 12.7 Å². The van der Waals surface area contributed by atoms with Gasteiger partial charge in [0.2, 0.25) is 0 Å². The number of benzene rings is 1. The number of pyridine rings is 1. The van der Waals surface area contributed by atoms with Crippen molar-refractivity contribution in [2.24, 2.45) is 0 Å². The molecule has 4 heterocycles. The van der Waals surface area contributed by atoms with Gasteiger partial charge in [0.15, 0.2) is 0 Å². The highest BCUT2D eigenvalue weighted by Crippen LogP contribution is 2.34. The summed E-state index contributed by atoms with van der Waals surface area (Å²) in [5.74, 6) is -0.385. The van der Waals surface area contributed by atoms with Crippen LogP contribution in [0.25, 0.3) is 22.0 Å². The molecule has 0 saturated carbocycles. The summed E-state index contributed by atoms with van der Waals surface area (Å²) < 4.78 is 13.6. The molecule has 1 fully saturated rings. The second kappa shape index (κ2) is 7.33. The number of likely N-dealkylation sites (tertiary alicyclic amines) is 1. The summed E-state index contributed by atoms with van der Waals surface area (Å²) >= 11 is 0. The fourth-order valence-electron chi connectivity index (χ4n) is 4.19. The lowest BCUT2D eigenvalue weighted by Gasteiger charge is -2.24. The highest BCUT2D eigenvalue weighted by atomic mass is 19.1. The molecule has 1 amide bonds. The second-order valence-corrected chi connectivity index (χ2v) is 7.57. The minimum Gasteiger partial charge on any atom is -0.350 e. The van der Waals surface area contributed by atoms with Gasteiger partial charge in [-0.15, -0.1) is 0 Å². The van der Waals surface area contributed by atoms with Crippen molar-refractivity contribution in [2.75, 3.05) is 6.54 Å². The molecule has 0 spiro atoms. The summed E-state index contributed by atoms with van der Waals surface area (Å²) in [7, 11) is 0. The largest absolute Gasteiger partial charge is 0.350 e. The van der Waals surface area contributed by atoms with Crippen LogP contribution in [-0.4, -0.2) is 37.3 Å². The third-order valence-corrected chi connectivity index (χ3v) is 5.77. The summed E-state index contributed by atoms with van der Waals surface area (Å²) in [4.78, 5) is 31.1. The van der Waals surface area contributed by atoms with Gasteiger partial charge in [-0.2, -0.15) is 0 Å². The normalized spacial score (nSPS) is 16.3. The number of amides is 1. The number of carbonyl (C=O) groups excluding carboxylic acids is 1. The maximum atomic E-state index is 13.6. The van der Waals surface area contributed by atoms with Gasteiger partial charge in [-0.05, 0) is 49.6 Å². The molecule has 7 heteroatoms. The number of aryl methyl sites for hydroxylation is 1. The number of H-pyrrole nitrogens is 1. The van der Waals surface area contributed by atoms with Crippen LogP contribution >= 0.6 is 0 Å². The van der Waals surface area contributed by atoms with Crippen LogP contribution in [0.15, 0.2) is 55.2 Å². The molecule has 1 N–H and O–H groups in total. The monoisotopic (exact) mass is 401 g/mol. The van der Waals surface area contributed by atoms with Crippen molar-refractivity contribution in [2.45, 2.75) is 25.8 Å². The van der Waals surface area contributed by atoms with Crippen molar-refractivity contribution >= 4 is 16.8 Å². The van der Waals surface area contributed by atoms with Gasteiger partial charge in [-0.3, -0.25) is 9.78 Å². The quantitative estimate of drug-likeness (QED) is 0.551. The smallest absolute Gasteiger partial charge is 0.271 e. The van der Waals surface area contributed by atoms with Crippen LogP contribution in [0.4, 0.5) is 4.39 Å². The molecule has 1 aromatic carbocycles. The molecule has 3 aromatic heterocycles. The predicted octanol–water partition coefficient (Wildman–Crippen LogP) is 4.44. The van der Waals surface area contributed by atoms with Crippen LogP contribution in [0.1, 0.15) is 40.6 Å². The predicted molar refractivity (Wildman–Crippen MR) is 111 cm³/mol. The molecule has 4 aromatic rings. The number of fused-ring (bicyclic) bond motifs is 1. The number of halogens is 1. The average molecular weight is 401 g/mol. The Hall–Kier alpha value is -3.61. The van der Waals surface area contributed by atoms with E-state index >= 15 is 0 Å². The summed E-state index contributed by atoms with van der Waals surface area (Å²) in [6.07, 6.45) is 8.56. The van der Waals surface area contributed by atoms with Crippen molar-refractivity contribution in [3.63, 3.8) is 0 Å². The van der Waals surface area contributed by atoms with E-state index in [-0.39, 0.29) is 17.8 Å². The molecule has 1 aliphatic rings. The van der Waals surface area contributed by atoms with E-state index in [9.17, 15) is 9.18 Å². The van der Waals surface area contributed by atoms with E-state index in [1.165, 1.54) is 18.5 Å². The molecule has 0 bridgehead atoms. The number of rotatable bonds is 3. The Labute approximate surface area is 172 Å². The molecule has 5 rings (SSSR count). The maximum Gasteiger partial charge on any atom is 0.271 e. The van der Waals surface area contributed by atoms with Gasteiger partial charge in [0.05, 0.1) is 11.7 Å². The van der Waals surface area contributed by atoms with Crippen molar-refractivity contribution in [3.05, 3.63) is 78.0 Å². The van der Waals surface area contributed by atoms with Crippen LogP contribution in [-0.2, 0) is 0 Å². The lowest BCUT2D eigenvalue weighted by molar-refractivity contribution is 0.0727. The van der Waals surface area contributed by atoms with Crippen LogP contribution in [0.5, 0.6) is 0 Å². The summed E-state index contributed by atoms with van der Waals surface area (Å²) in [5.41, 5.74) is 4.75. The third kappa shape index (κ3) is 3.12. The van der Waals surface area contributed by atoms with E-state index in [0.29, 0.717) is 12.2 Å². The highest BCUT2D eigenvalue weighted by molar-refractivity contribution is 6.01. The Bertz CT molecular complexity index is 1220. The van der Waals surface area contributed by atoms with Crippen molar-refractivity contribution in [3.8, 4) is 11.1 Å². The Morgan fingerprint density at radius 2 is 1.97 bits per heavy atom. The van der Waals surface area contributed by atoms with Gasteiger partial charge in [0, 0.05) is 47.2 Å². The van der Waals surface area contributed by atoms with Gasteiger partial charge in [-0.1, -0.05) is 6.07 Å². The van der Waals surface area contributed by atoms with E-state index < -0.39 is 0 Å². The SMILES string of the molecule is Cc1c(C(=O)N2CCCC2c2ccc(-c3cncnc3)cn2)[nH]c2ccc(F)cc12. The number of nitrogens with one attached hydrogen (secondary N) is 1. The molecule has 1 atom stereocenters. The zero-order chi connectivity index (χ0) is 20.7. The topological polar surface area (TPSA) is 74.8 Å². The first kappa shape index (κ1) is 18.4. The number of hydrogen-bond donors (Lipinski definition) is 1. The van der Waals surface area contributed by atoms with E-state index in [2.05, 4.69) is 19.9 Å². The van der Waals surface area contributed by atoms with Crippen LogP contribution < -0.4 is 0 Å². The molecule has 0 aliphatic carbocycles. The van der Waals surface area contributed by atoms with E-state index in [1.807, 2.05) is 24.0 Å². The fourth-order valence-corrected chi connectivity index (χ4v) is 4.19. The van der Waals surface area contributed by atoms with Gasteiger partial charge in [0.1, 0.15) is 17.8 Å². The van der Waals surface area contributed by atoms with Crippen LogP contribution in [0.2, 0.25) is 0 Å². The van der Waals surface area contributed by atoms with E-state index in [0.717, 1.165) is 46.1 Å². The minimum atomic E-state index is -0.309. The highest BCUT2D eigenvalue weighted by Gasteiger charge is 2.33. The maximum absolute atomic E-state index is 13.6. The number of aromatic nitrogens is 4. The summed E-state index contributed by atoms with van der Waals surface area (Å²) in [5, 5.41) is 0.738. The first-order chi connectivity index (χ1) is 14.6. The summed E-state index contributed by atoms with van der Waals surface area (Å²) in [6.45, 7) is 2.52. The Balaban J connectivity index is 1.44. The molecule has 6 nitrogen and oxygen atoms in total. The number of nitrogens with zero attached hydrogens (tertiary/aromatic N) is 4. The van der Waals surface area contributed by atoms with Crippen molar-refractivity contribution < 1.29 is 9.18 Å². The number of hydrogen-bond acceptors (Lipinski definition) is 4. The third-order valence-electron chi connectivity index (χ3n) is 5.77. The molecule has 30 heavy (non-hydrogen) atoms. The number of carbonyl (C=O) groups is 1. The number of aromatic amines is 1. The van der Waals surface area contributed by atoms with Crippen LogP contribution in [0.3, 0.4) is 0 Å². The van der Waals surface area contributed by atoms with Gasteiger partial charge in [0.25, 0.3) is 5.91 Å². The standard InChI is InChI=1S/C23H20FN5O/c1-14-18-9-17(24)5-7-19(18)28-22(14)23(30)29-8-2-3-21(29)20-6-4-15(12-27-20)16-10-25-13-26-11-16/h4-7,9-13,21,28H,2-3,8H2,1H3. The minimum absolute atomic E-state index is 0.0751. The molecule has 1 unspecified atom stereocenters. The molecule has 150 valence electrons. The first-order valence-electron chi connectivity index (χ1n) is 9.92.